The average molecular weight is 299 g/mol. The smallest absolute Gasteiger partial charge is 0.0514 e. The number of halogens is 2. The van der Waals surface area contributed by atoms with Gasteiger partial charge in [0, 0.05) is 29.2 Å². The predicted molar refractivity (Wildman–Crippen MR) is 84.3 cm³/mol. The van der Waals surface area contributed by atoms with Crippen LogP contribution in [0, 0.1) is 0 Å². The summed E-state index contributed by atoms with van der Waals surface area (Å²) in [6.45, 7) is 6.41. The van der Waals surface area contributed by atoms with E-state index in [1.165, 1.54) is 6.42 Å². The highest BCUT2D eigenvalue weighted by atomic mass is 35.5. The highest BCUT2D eigenvalue weighted by molar-refractivity contribution is 6.38. The Hall–Kier alpha value is -0.700. The first kappa shape index (κ1) is 14.7. The number of benzene rings is 1. The first-order chi connectivity index (χ1) is 9.08. The van der Waals surface area contributed by atoms with Crippen LogP contribution in [-0.2, 0) is 6.54 Å². The second-order valence-corrected chi connectivity index (χ2v) is 5.99. The van der Waals surface area contributed by atoms with Crippen molar-refractivity contribution >= 4 is 34.1 Å². The molecule has 0 atom stereocenters. The Morgan fingerprint density at radius 2 is 2.00 bits per heavy atom. The molecule has 0 unspecified atom stereocenters. The molecule has 0 aliphatic heterocycles. The van der Waals surface area contributed by atoms with Crippen molar-refractivity contribution in [1.82, 2.24) is 9.88 Å². The Morgan fingerprint density at radius 3 is 2.74 bits per heavy atom. The molecule has 0 saturated carbocycles. The zero-order valence-electron chi connectivity index (χ0n) is 11.4. The number of nitrogens with zero attached hydrogens (tertiary/aromatic N) is 1. The van der Waals surface area contributed by atoms with Crippen molar-refractivity contribution in [3.05, 3.63) is 34.4 Å². The molecule has 1 aromatic carbocycles. The molecule has 1 N–H and O–H groups in total. The van der Waals surface area contributed by atoms with E-state index < -0.39 is 0 Å². The topological polar surface area (TPSA) is 17.0 Å². The largest absolute Gasteiger partial charge is 0.347 e. The maximum absolute atomic E-state index is 6.19. The van der Waals surface area contributed by atoms with Crippen LogP contribution in [0.1, 0.15) is 26.7 Å². The van der Waals surface area contributed by atoms with Crippen molar-refractivity contribution < 1.29 is 0 Å². The van der Waals surface area contributed by atoms with Gasteiger partial charge in [0.25, 0.3) is 0 Å². The Morgan fingerprint density at radius 1 is 1.21 bits per heavy atom. The molecular weight excluding hydrogens is 279 g/mol. The molecule has 0 radical (unpaired) electrons. The van der Waals surface area contributed by atoms with Crippen molar-refractivity contribution in [1.29, 1.82) is 0 Å². The lowest BCUT2D eigenvalue weighted by Crippen LogP contribution is -2.23. The molecule has 0 aliphatic carbocycles. The number of hydrogen-bond acceptors (Lipinski definition) is 1. The maximum Gasteiger partial charge on any atom is 0.0514 e. The summed E-state index contributed by atoms with van der Waals surface area (Å²) in [5, 5.41) is 5.92. The monoisotopic (exact) mass is 298 g/mol. The first-order valence-electron chi connectivity index (χ1n) is 6.75. The van der Waals surface area contributed by atoms with Crippen molar-refractivity contribution in [3.8, 4) is 0 Å². The fraction of sp³-hybridized carbons (Fsp3) is 0.467. The number of nitrogens with one attached hydrogen (secondary N) is 1. The van der Waals surface area contributed by atoms with Gasteiger partial charge >= 0.3 is 0 Å². The van der Waals surface area contributed by atoms with Crippen LogP contribution in [0.2, 0.25) is 10.0 Å². The number of hydrogen-bond donors (Lipinski definition) is 1. The number of rotatable bonds is 6. The van der Waals surface area contributed by atoms with Gasteiger partial charge in [-0.15, -0.1) is 0 Å². The van der Waals surface area contributed by atoms with Gasteiger partial charge in [-0.3, -0.25) is 0 Å². The van der Waals surface area contributed by atoms with Crippen molar-refractivity contribution in [2.75, 3.05) is 6.54 Å². The van der Waals surface area contributed by atoms with E-state index in [9.17, 15) is 0 Å². The molecule has 2 nitrogen and oxygen atoms in total. The maximum atomic E-state index is 6.19. The van der Waals surface area contributed by atoms with Gasteiger partial charge in [0.05, 0.1) is 10.5 Å². The first-order valence-corrected chi connectivity index (χ1v) is 7.51. The van der Waals surface area contributed by atoms with E-state index in [0.29, 0.717) is 11.1 Å². The third kappa shape index (κ3) is 3.88. The molecule has 4 heteroatoms. The predicted octanol–water partition coefficient (Wildman–Crippen LogP) is 4.73. The van der Waals surface area contributed by atoms with Gasteiger partial charge in [0.2, 0.25) is 0 Å². The number of unbranched alkanes of at least 4 members (excludes halogenated alkanes) is 1. The Balaban J connectivity index is 1.98. The molecule has 0 amide bonds. The highest BCUT2D eigenvalue weighted by Gasteiger charge is 2.06. The SMILES string of the molecule is CC(C)NCCCCn1ccc2c(Cl)cc(Cl)cc21. The summed E-state index contributed by atoms with van der Waals surface area (Å²) in [5.41, 5.74) is 1.12. The van der Waals surface area contributed by atoms with Crippen molar-refractivity contribution in [2.45, 2.75) is 39.3 Å². The fourth-order valence-corrected chi connectivity index (χ4v) is 2.76. The van der Waals surface area contributed by atoms with Crippen LogP contribution in [0.3, 0.4) is 0 Å². The summed E-state index contributed by atoms with van der Waals surface area (Å²) in [4.78, 5) is 0. The quantitative estimate of drug-likeness (QED) is 0.763. The van der Waals surface area contributed by atoms with E-state index in [0.717, 1.165) is 35.4 Å². The van der Waals surface area contributed by atoms with Crippen LogP contribution in [0.5, 0.6) is 0 Å². The molecule has 104 valence electrons. The van der Waals surface area contributed by atoms with Crippen LogP contribution in [-0.4, -0.2) is 17.2 Å². The number of aryl methyl sites for hydroxylation is 1. The summed E-state index contributed by atoms with van der Waals surface area (Å²) in [6, 6.07) is 6.39. The zero-order valence-corrected chi connectivity index (χ0v) is 12.9. The molecule has 2 rings (SSSR count). The van der Waals surface area contributed by atoms with E-state index in [1.54, 1.807) is 6.07 Å². The zero-order chi connectivity index (χ0) is 13.8. The summed E-state index contributed by atoms with van der Waals surface area (Å²) in [6.07, 6.45) is 4.41. The molecule has 0 bridgehead atoms. The standard InChI is InChI=1S/C15H20Cl2N2/c1-11(2)18-6-3-4-7-19-8-5-13-14(17)9-12(16)10-15(13)19/h5,8-11,18H,3-4,6-7H2,1-2H3. The average Bonchev–Trinajstić information content (AvgIpc) is 2.72. The molecule has 0 fully saturated rings. The number of fused-ring (bicyclic) bond motifs is 1. The number of aromatic nitrogens is 1. The molecule has 1 aromatic heterocycles. The van der Waals surface area contributed by atoms with Crippen LogP contribution in [0.4, 0.5) is 0 Å². The van der Waals surface area contributed by atoms with E-state index in [2.05, 4.69) is 36.0 Å². The lowest BCUT2D eigenvalue weighted by Gasteiger charge is -2.09. The van der Waals surface area contributed by atoms with Crippen molar-refractivity contribution in [2.24, 2.45) is 0 Å². The Kier molecular flexibility index (Phi) is 5.14. The molecule has 1 heterocycles. The lowest BCUT2D eigenvalue weighted by atomic mass is 10.2. The minimum Gasteiger partial charge on any atom is -0.347 e. The van der Waals surface area contributed by atoms with Gasteiger partial charge in [0.15, 0.2) is 0 Å². The van der Waals surface area contributed by atoms with Crippen LogP contribution >= 0.6 is 23.2 Å². The minimum absolute atomic E-state index is 0.560. The van der Waals surface area contributed by atoms with Crippen molar-refractivity contribution in [3.63, 3.8) is 0 Å². The van der Waals surface area contributed by atoms with Gasteiger partial charge in [-0.1, -0.05) is 37.0 Å². The van der Waals surface area contributed by atoms with E-state index in [4.69, 9.17) is 23.2 Å². The molecule has 2 aromatic rings. The molecule has 0 saturated heterocycles. The summed E-state index contributed by atoms with van der Waals surface area (Å²) < 4.78 is 2.22. The molecule has 19 heavy (non-hydrogen) atoms. The minimum atomic E-state index is 0.560. The van der Waals surface area contributed by atoms with Gasteiger partial charge < -0.3 is 9.88 Å². The van der Waals surface area contributed by atoms with Crippen LogP contribution in [0.25, 0.3) is 10.9 Å². The van der Waals surface area contributed by atoms with E-state index >= 15 is 0 Å². The normalized spacial score (nSPS) is 11.6. The second-order valence-electron chi connectivity index (χ2n) is 5.15. The summed E-state index contributed by atoms with van der Waals surface area (Å²) in [7, 11) is 0. The van der Waals surface area contributed by atoms with Gasteiger partial charge in [0.1, 0.15) is 0 Å². The third-order valence-corrected chi connectivity index (χ3v) is 3.71. The second kappa shape index (κ2) is 6.65. The summed E-state index contributed by atoms with van der Waals surface area (Å²) >= 11 is 12.3. The third-order valence-electron chi connectivity index (χ3n) is 3.18. The molecular formula is C15H20Cl2N2. The van der Waals surface area contributed by atoms with E-state index in [-0.39, 0.29) is 0 Å². The Bertz CT molecular complexity index is 546. The van der Waals surface area contributed by atoms with Gasteiger partial charge in [-0.25, -0.2) is 0 Å². The fourth-order valence-electron chi connectivity index (χ4n) is 2.21. The lowest BCUT2D eigenvalue weighted by molar-refractivity contribution is 0.535. The van der Waals surface area contributed by atoms with Crippen LogP contribution < -0.4 is 5.32 Å². The van der Waals surface area contributed by atoms with E-state index in [1.807, 2.05) is 6.07 Å². The molecule has 0 spiro atoms. The summed E-state index contributed by atoms with van der Waals surface area (Å²) in [5.74, 6) is 0. The van der Waals surface area contributed by atoms with Gasteiger partial charge in [-0.2, -0.15) is 0 Å². The molecule has 0 aliphatic rings. The van der Waals surface area contributed by atoms with Gasteiger partial charge in [-0.05, 0) is 37.6 Å². The van der Waals surface area contributed by atoms with Crippen LogP contribution in [0.15, 0.2) is 24.4 Å². The highest BCUT2D eigenvalue weighted by Crippen LogP contribution is 2.28. The Labute approximate surface area is 124 Å².